The molecule has 0 radical (unpaired) electrons. The second kappa shape index (κ2) is 6.03. The first kappa shape index (κ1) is 14.0. The Morgan fingerprint density at radius 3 is 2.71 bits per heavy atom. The lowest BCUT2D eigenvalue weighted by atomic mass is 9.92. The number of carbonyl (C=O) groups is 2. The number of amides is 1. The maximum atomic E-state index is 11.6. The highest BCUT2D eigenvalue weighted by molar-refractivity contribution is 5.81. The first-order valence-corrected chi connectivity index (χ1v) is 6.42. The molecule has 1 aliphatic rings. The van der Waals surface area contributed by atoms with Gasteiger partial charge in [0, 0.05) is 17.9 Å². The first-order chi connectivity index (χ1) is 7.94. The standard InChI is InChI=1S/C13H23NO3/c1-4-17-11(15)8-6-5-7-10-9-13(2,3)14-12(10)16/h10H,4-9H2,1-3H3,(H,14,16). The average molecular weight is 241 g/mol. The van der Waals surface area contributed by atoms with Crippen LogP contribution in [0.1, 0.15) is 52.9 Å². The third-order valence-electron chi connectivity index (χ3n) is 3.08. The molecule has 0 aromatic rings. The number of hydrogen-bond donors (Lipinski definition) is 1. The van der Waals surface area contributed by atoms with Gasteiger partial charge in [0.2, 0.25) is 5.91 Å². The summed E-state index contributed by atoms with van der Waals surface area (Å²) in [5.74, 6) is 0.141. The van der Waals surface area contributed by atoms with Crippen molar-refractivity contribution >= 4 is 11.9 Å². The highest BCUT2D eigenvalue weighted by atomic mass is 16.5. The van der Waals surface area contributed by atoms with Crippen LogP contribution in [0.2, 0.25) is 0 Å². The van der Waals surface area contributed by atoms with E-state index in [4.69, 9.17) is 4.74 Å². The van der Waals surface area contributed by atoms with Crippen LogP contribution < -0.4 is 5.32 Å². The molecule has 4 heteroatoms. The molecule has 1 rings (SSSR count). The van der Waals surface area contributed by atoms with Gasteiger partial charge in [-0.25, -0.2) is 0 Å². The third-order valence-corrected chi connectivity index (χ3v) is 3.08. The summed E-state index contributed by atoms with van der Waals surface area (Å²) >= 11 is 0. The number of carbonyl (C=O) groups excluding carboxylic acids is 2. The van der Waals surface area contributed by atoms with Crippen molar-refractivity contribution in [2.24, 2.45) is 5.92 Å². The summed E-state index contributed by atoms with van der Waals surface area (Å²) in [6.07, 6.45) is 3.95. The minimum atomic E-state index is -0.135. The zero-order valence-corrected chi connectivity index (χ0v) is 11.0. The van der Waals surface area contributed by atoms with Crippen LogP contribution in [-0.2, 0) is 14.3 Å². The Kier molecular flexibility index (Phi) is 4.97. The lowest BCUT2D eigenvalue weighted by Gasteiger charge is -2.16. The van der Waals surface area contributed by atoms with Crippen molar-refractivity contribution in [2.75, 3.05) is 6.61 Å². The zero-order valence-electron chi connectivity index (χ0n) is 11.0. The first-order valence-electron chi connectivity index (χ1n) is 6.42. The predicted molar refractivity (Wildman–Crippen MR) is 65.4 cm³/mol. The zero-order chi connectivity index (χ0) is 12.9. The maximum absolute atomic E-state index is 11.6. The van der Waals surface area contributed by atoms with E-state index in [1.807, 2.05) is 20.8 Å². The highest BCUT2D eigenvalue weighted by Crippen LogP contribution is 2.28. The molecule has 1 unspecified atom stereocenters. The lowest BCUT2D eigenvalue weighted by Crippen LogP contribution is -2.34. The monoisotopic (exact) mass is 241 g/mol. The van der Waals surface area contributed by atoms with Crippen LogP contribution in [0.5, 0.6) is 0 Å². The SMILES string of the molecule is CCOC(=O)CCCCC1CC(C)(C)NC1=O. The number of unbranched alkanes of at least 4 members (excludes halogenated alkanes) is 1. The molecule has 1 saturated heterocycles. The van der Waals surface area contributed by atoms with E-state index in [-0.39, 0.29) is 23.3 Å². The predicted octanol–water partition coefficient (Wildman–Crippen LogP) is 2.02. The van der Waals surface area contributed by atoms with Gasteiger partial charge in [-0.2, -0.15) is 0 Å². The van der Waals surface area contributed by atoms with Crippen molar-refractivity contribution < 1.29 is 14.3 Å². The van der Waals surface area contributed by atoms with Crippen molar-refractivity contribution in [3.63, 3.8) is 0 Å². The summed E-state index contributed by atoms with van der Waals surface area (Å²) in [4.78, 5) is 22.7. The quantitative estimate of drug-likeness (QED) is 0.572. The van der Waals surface area contributed by atoms with E-state index in [1.165, 1.54) is 0 Å². The number of hydrogen-bond acceptors (Lipinski definition) is 3. The van der Waals surface area contributed by atoms with Crippen LogP contribution in [0, 0.1) is 5.92 Å². The van der Waals surface area contributed by atoms with E-state index in [1.54, 1.807) is 0 Å². The van der Waals surface area contributed by atoms with E-state index in [2.05, 4.69) is 5.32 Å². The van der Waals surface area contributed by atoms with Crippen molar-refractivity contribution in [3.05, 3.63) is 0 Å². The fourth-order valence-electron chi connectivity index (χ4n) is 2.32. The third kappa shape index (κ3) is 4.75. The molecule has 98 valence electrons. The van der Waals surface area contributed by atoms with E-state index >= 15 is 0 Å². The van der Waals surface area contributed by atoms with Crippen LogP contribution in [-0.4, -0.2) is 24.0 Å². The molecule has 1 aliphatic heterocycles. The number of rotatable bonds is 6. The van der Waals surface area contributed by atoms with Gasteiger partial charge in [-0.15, -0.1) is 0 Å². The van der Waals surface area contributed by atoms with Gasteiger partial charge in [0.25, 0.3) is 0 Å². The second-order valence-corrected chi connectivity index (χ2v) is 5.32. The average Bonchev–Trinajstić information content (AvgIpc) is 2.47. The smallest absolute Gasteiger partial charge is 0.305 e. The minimum Gasteiger partial charge on any atom is -0.466 e. The van der Waals surface area contributed by atoms with Crippen LogP contribution in [0.15, 0.2) is 0 Å². The molecular formula is C13H23NO3. The van der Waals surface area contributed by atoms with Gasteiger partial charge >= 0.3 is 5.97 Å². The summed E-state index contributed by atoms with van der Waals surface area (Å²) in [5, 5.41) is 2.98. The molecule has 1 atom stereocenters. The highest BCUT2D eigenvalue weighted by Gasteiger charge is 2.36. The van der Waals surface area contributed by atoms with Crippen LogP contribution in [0.3, 0.4) is 0 Å². The largest absolute Gasteiger partial charge is 0.466 e. The molecule has 1 heterocycles. The molecule has 0 spiro atoms. The van der Waals surface area contributed by atoms with Gasteiger partial charge in [-0.1, -0.05) is 6.42 Å². The molecule has 1 N–H and O–H groups in total. The molecule has 0 aromatic carbocycles. The minimum absolute atomic E-state index is 0.0666. The second-order valence-electron chi connectivity index (χ2n) is 5.32. The van der Waals surface area contributed by atoms with Gasteiger partial charge in [0.15, 0.2) is 0 Å². The Balaban J connectivity index is 2.15. The molecule has 4 nitrogen and oxygen atoms in total. The molecule has 1 fully saturated rings. The maximum Gasteiger partial charge on any atom is 0.305 e. The van der Waals surface area contributed by atoms with Gasteiger partial charge < -0.3 is 10.1 Å². The Morgan fingerprint density at radius 1 is 1.47 bits per heavy atom. The molecule has 0 aromatic heterocycles. The number of esters is 1. The van der Waals surface area contributed by atoms with Crippen molar-refractivity contribution in [3.8, 4) is 0 Å². The topological polar surface area (TPSA) is 55.4 Å². The van der Waals surface area contributed by atoms with Crippen molar-refractivity contribution in [2.45, 2.75) is 58.4 Å². The van der Waals surface area contributed by atoms with E-state index in [0.29, 0.717) is 13.0 Å². The Morgan fingerprint density at radius 2 is 2.18 bits per heavy atom. The summed E-state index contributed by atoms with van der Waals surface area (Å²) in [5.41, 5.74) is -0.0666. The van der Waals surface area contributed by atoms with Gasteiger partial charge in [0.05, 0.1) is 6.61 Å². The molecule has 0 aliphatic carbocycles. The molecule has 0 bridgehead atoms. The summed E-state index contributed by atoms with van der Waals surface area (Å²) in [6, 6.07) is 0. The molecular weight excluding hydrogens is 218 g/mol. The summed E-state index contributed by atoms with van der Waals surface area (Å²) in [6.45, 7) is 6.34. The fourth-order valence-corrected chi connectivity index (χ4v) is 2.32. The number of nitrogens with one attached hydrogen (secondary N) is 1. The van der Waals surface area contributed by atoms with Crippen LogP contribution in [0.25, 0.3) is 0 Å². The Labute approximate surface area is 103 Å². The van der Waals surface area contributed by atoms with Crippen molar-refractivity contribution in [1.82, 2.24) is 5.32 Å². The van der Waals surface area contributed by atoms with Gasteiger partial charge in [-0.05, 0) is 40.0 Å². The van der Waals surface area contributed by atoms with E-state index in [0.717, 1.165) is 25.7 Å². The Bertz CT molecular complexity index is 286. The van der Waals surface area contributed by atoms with Crippen molar-refractivity contribution in [1.29, 1.82) is 0 Å². The number of ether oxygens (including phenoxy) is 1. The molecule has 1 amide bonds. The van der Waals surface area contributed by atoms with E-state index in [9.17, 15) is 9.59 Å². The van der Waals surface area contributed by atoms with E-state index < -0.39 is 0 Å². The molecule has 17 heavy (non-hydrogen) atoms. The van der Waals surface area contributed by atoms with Crippen LogP contribution >= 0.6 is 0 Å². The lowest BCUT2D eigenvalue weighted by molar-refractivity contribution is -0.143. The molecule has 0 saturated carbocycles. The summed E-state index contributed by atoms with van der Waals surface area (Å²) in [7, 11) is 0. The normalized spacial score (nSPS) is 22.3. The van der Waals surface area contributed by atoms with Gasteiger partial charge in [0.1, 0.15) is 0 Å². The summed E-state index contributed by atoms with van der Waals surface area (Å²) < 4.78 is 4.85. The van der Waals surface area contributed by atoms with Crippen LogP contribution in [0.4, 0.5) is 0 Å². The van der Waals surface area contributed by atoms with Gasteiger partial charge in [-0.3, -0.25) is 9.59 Å². The Hall–Kier alpha value is -1.06. The fraction of sp³-hybridized carbons (Fsp3) is 0.846.